The number of benzene rings is 3. The fraction of sp³-hybridized carbons (Fsp3) is 0.154. The Balaban J connectivity index is 1.83. The normalized spacial score (nSPS) is 11.6. The zero-order valence-electron chi connectivity index (χ0n) is 17.8. The molecule has 32 heavy (non-hydrogen) atoms. The van der Waals surface area contributed by atoms with E-state index in [1.54, 1.807) is 6.07 Å². The van der Waals surface area contributed by atoms with Crippen LogP contribution in [0.2, 0.25) is 0 Å². The SMILES string of the molecule is Cc1ccc(-c2cc(C(=O)Nc3cccc(C(F)(F)F)c3)c3cc(C)cc(C)c3n2)cc1. The van der Waals surface area contributed by atoms with Crippen LogP contribution in [-0.4, -0.2) is 10.9 Å². The zero-order valence-corrected chi connectivity index (χ0v) is 17.8. The summed E-state index contributed by atoms with van der Waals surface area (Å²) < 4.78 is 39.2. The van der Waals surface area contributed by atoms with Crippen molar-refractivity contribution in [3.63, 3.8) is 0 Å². The molecule has 0 saturated heterocycles. The number of fused-ring (bicyclic) bond motifs is 1. The molecule has 0 unspecified atom stereocenters. The lowest BCUT2D eigenvalue weighted by atomic mass is 9.99. The number of anilines is 1. The molecule has 1 amide bonds. The first-order valence-electron chi connectivity index (χ1n) is 10.1. The molecule has 3 aromatic carbocycles. The summed E-state index contributed by atoms with van der Waals surface area (Å²) in [7, 11) is 0. The number of carbonyl (C=O) groups is 1. The molecule has 4 rings (SSSR count). The van der Waals surface area contributed by atoms with Crippen molar-refractivity contribution in [2.75, 3.05) is 5.32 Å². The van der Waals surface area contributed by atoms with E-state index in [4.69, 9.17) is 4.98 Å². The predicted octanol–water partition coefficient (Wildman–Crippen LogP) is 7.10. The van der Waals surface area contributed by atoms with Gasteiger partial charge in [0.15, 0.2) is 0 Å². The average molecular weight is 434 g/mol. The smallest absolute Gasteiger partial charge is 0.322 e. The fourth-order valence-corrected chi connectivity index (χ4v) is 3.71. The molecule has 0 bridgehead atoms. The van der Waals surface area contributed by atoms with Crippen LogP contribution >= 0.6 is 0 Å². The summed E-state index contributed by atoms with van der Waals surface area (Å²) in [6, 6.07) is 18.0. The quantitative estimate of drug-likeness (QED) is 0.374. The summed E-state index contributed by atoms with van der Waals surface area (Å²) in [5.41, 5.74) is 4.76. The molecule has 1 N–H and O–H groups in total. The molecule has 6 heteroatoms. The van der Waals surface area contributed by atoms with Crippen molar-refractivity contribution in [2.24, 2.45) is 0 Å². The van der Waals surface area contributed by atoms with Gasteiger partial charge in [-0.25, -0.2) is 4.98 Å². The summed E-state index contributed by atoms with van der Waals surface area (Å²) in [4.78, 5) is 18.0. The number of aryl methyl sites for hydroxylation is 3. The number of halogens is 3. The lowest BCUT2D eigenvalue weighted by Gasteiger charge is -2.14. The molecular weight excluding hydrogens is 413 g/mol. The van der Waals surface area contributed by atoms with Crippen LogP contribution in [0, 0.1) is 20.8 Å². The van der Waals surface area contributed by atoms with Crippen LogP contribution in [0.1, 0.15) is 32.6 Å². The van der Waals surface area contributed by atoms with Gasteiger partial charge in [0.1, 0.15) is 0 Å². The van der Waals surface area contributed by atoms with Crippen LogP contribution in [0.25, 0.3) is 22.2 Å². The molecule has 0 saturated carbocycles. The Morgan fingerprint density at radius 2 is 1.59 bits per heavy atom. The number of hydrogen-bond acceptors (Lipinski definition) is 2. The molecule has 1 aromatic heterocycles. The van der Waals surface area contributed by atoms with Crippen molar-refractivity contribution in [2.45, 2.75) is 26.9 Å². The van der Waals surface area contributed by atoms with Crippen LogP contribution in [-0.2, 0) is 6.18 Å². The maximum atomic E-state index is 13.2. The Morgan fingerprint density at radius 1 is 0.875 bits per heavy atom. The molecule has 1 heterocycles. The first-order valence-corrected chi connectivity index (χ1v) is 10.1. The molecule has 0 radical (unpaired) electrons. The molecular formula is C26H21F3N2O. The van der Waals surface area contributed by atoms with Gasteiger partial charge in [-0.2, -0.15) is 13.2 Å². The van der Waals surface area contributed by atoms with E-state index in [0.717, 1.165) is 34.4 Å². The number of nitrogens with zero attached hydrogens (tertiary/aromatic N) is 1. The Bertz CT molecular complexity index is 1330. The van der Waals surface area contributed by atoms with Crippen LogP contribution in [0.3, 0.4) is 0 Å². The number of amides is 1. The minimum absolute atomic E-state index is 0.0797. The summed E-state index contributed by atoms with van der Waals surface area (Å²) in [6.07, 6.45) is -4.49. The van der Waals surface area contributed by atoms with Gasteiger partial charge in [-0.15, -0.1) is 0 Å². The Labute approximate surface area is 183 Å². The minimum Gasteiger partial charge on any atom is -0.322 e. The van der Waals surface area contributed by atoms with Crippen molar-refractivity contribution in [1.29, 1.82) is 0 Å². The fourth-order valence-electron chi connectivity index (χ4n) is 3.71. The van der Waals surface area contributed by atoms with E-state index in [1.165, 1.54) is 12.1 Å². The van der Waals surface area contributed by atoms with Gasteiger partial charge in [-0.05, 0) is 56.7 Å². The first-order chi connectivity index (χ1) is 15.1. The van der Waals surface area contributed by atoms with Crippen LogP contribution in [0.5, 0.6) is 0 Å². The number of nitrogens with one attached hydrogen (secondary N) is 1. The van der Waals surface area contributed by atoms with Crippen molar-refractivity contribution in [3.05, 3.63) is 94.5 Å². The summed E-state index contributed by atoms with van der Waals surface area (Å²) in [6.45, 7) is 5.84. The van der Waals surface area contributed by atoms with Crippen LogP contribution < -0.4 is 5.32 Å². The topological polar surface area (TPSA) is 42.0 Å². The van der Waals surface area contributed by atoms with Gasteiger partial charge in [0.2, 0.25) is 0 Å². The summed E-state index contributed by atoms with van der Waals surface area (Å²) in [5.74, 6) is -0.491. The second-order valence-electron chi connectivity index (χ2n) is 7.93. The number of pyridine rings is 1. The summed E-state index contributed by atoms with van der Waals surface area (Å²) in [5, 5.41) is 3.28. The molecule has 3 nitrogen and oxygen atoms in total. The molecule has 162 valence electrons. The van der Waals surface area contributed by atoms with Gasteiger partial charge >= 0.3 is 6.18 Å². The highest BCUT2D eigenvalue weighted by Gasteiger charge is 2.30. The second kappa shape index (κ2) is 8.11. The Kier molecular flexibility index (Phi) is 5.46. The third kappa shape index (κ3) is 4.35. The van der Waals surface area contributed by atoms with Crippen molar-refractivity contribution in [3.8, 4) is 11.3 Å². The second-order valence-corrected chi connectivity index (χ2v) is 7.93. The molecule has 0 spiro atoms. The summed E-state index contributed by atoms with van der Waals surface area (Å²) >= 11 is 0. The van der Waals surface area contributed by atoms with Gasteiger partial charge in [-0.3, -0.25) is 4.79 Å². The van der Waals surface area contributed by atoms with E-state index in [0.29, 0.717) is 22.2 Å². The lowest BCUT2D eigenvalue weighted by molar-refractivity contribution is -0.137. The minimum atomic E-state index is -4.49. The van der Waals surface area contributed by atoms with E-state index in [1.807, 2.05) is 57.2 Å². The van der Waals surface area contributed by atoms with E-state index >= 15 is 0 Å². The van der Waals surface area contributed by atoms with Gasteiger partial charge in [-0.1, -0.05) is 47.5 Å². The first kappa shape index (κ1) is 21.6. The molecule has 0 fully saturated rings. The van der Waals surface area contributed by atoms with E-state index < -0.39 is 17.6 Å². The number of aromatic nitrogens is 1. The third-order valence-electron chi connectivity index (χ3n) is 5.29. The van der Waals surface area contributed by atoms with Crippen LogP contribution in [0.4, 0.5) is 18.9 Å². The molecule has 0 aliphatic heterocycles. The largest absolute Gasteiger partial charge is 0.416 e. The predicted molar refractivity (Wildman–Crippen MR) is 121 cm³/mol. The standard InChI is InChI=1S/C26H21F3N2O/c1-15-7-9-18(10-8-15)23-14-22(21-12-16(2)11-17(3)24(21)31-23)25(32)30-20-6-4-5-19(13-20)26(27,28)29/h4-14H,1-3H3,(H,30,32). The van der Waals surface area contributed by atoms with Crippen molar-refractivity contribution in [1.82, 2.24) is 4.98 Å². The Hall–Kier alpha value is -3.67. The van der Waals surface area contributed by atoms with Crippen molar-refractivity contribution >= 4 is 22.5 Å². The van der Waals surface area contributed by atoms with Gasteiger partial charge in [0.05, 0.1) is 22.3 Å². The molecule has 4 aromatic rings. The van der Waals surface area contributed by atoms with Crippen molar-refractivity contribution < 1.29 is 18.0 Å². The Morgan fingerprint density at radius 3 is 2.28 bits per heavy atom. The third-order valence-corrected chi connectivity index (χ3v) is 5.29. The van der Waals surface area contributed by atoms with E-state index in [9.17, 15) is 18.0 Å². The average Bonchev–Trinajstić information content (AvgIpc) is 2.73. The van der Waals surface area contributed by atoms with Gasteiger partial charge in [0.25, 0.3) is 5.91 Å². The molecule has 0 aliphatic rings. The number of alkyl halides is 3. The highest BCUT2D eigenvalue weighted by molar-refractivity contribution is 6.13. The maximum absolute atomic E-state index is 13.2. The molecule has 0 atom stereocenters. The monoisotopic (exact) mass is 434 g/mol. The van der Waals surface area contributed by atoms with Gasteiger partial charge in [0, 0.05) is 16.6 Å². The number of rotatable bonds is 3. The van der Waals surface area contributed by atoms with E-state index in [-0.39, 0.29) is 5.69 Å². The maximum Gasteiger partial charge on any atom is 0.416 e. The highest BCUT2D eigenvalue weighted by Crippen LogP contribution is 2.32. The lowest BCUT2D eigenvalue weighted by Crippen LogP contribution is -2.14. The number of carbonyl (C=O) groups excluding carboxylic acids is 1. The number of hydrogen-bond donors (Lipinski definition) is 1. The van der Waals surface area contributed by atoms with Crippen LogP contribution in [0.15, 0.2) is 66.7 Å². The molecule has 0 aliphatic carbocycles. The van der Waals surface area contributed by atoms with E-state index in [2.05, 4.69) is 5.32 Å². The highest BCUT2D eigenvalue weighted by atomic mass is 19.4. The zero-order chi connectivity index (χ0) is 23.0. The van der Waals surface area contributed by atoms with Gasteiger partial charge < -0.3 is 5.32 Å².